The number of carbonyl (C=O) groups is 2. The summed E-state index contributed by atoms with van der Waals surface area (Å²) in [6.07, 6.45) is 1.46. The number of hydrogen-bond donors (Lipinski definition) is 1. The molecule has 0 aliphatic carbocycles. The summed E-state index contributed by atoms with van der Waals surface area (Å²) in [6, 6.07) is 3.21. The van der Waals surface area contributed by atoms with Crippen LogP contribution in [0.3, 0.4) is 0 Å². The fourth-order valence-electron chi connectivity index (χ4n) is 2.52. The van der Waals surface area contributed by atoms with Crippen LogP contribution in [0.5, 0.6) is 11.5 Å². The number of nitrogens with two attached hydrogens (primary N) is 1. The molecule has 2 amide bonds. The zero-order valence-corrected chi connectivity index (χ0v) is 16.0. The van der Waals surface area contributed by atoms with E-state index in [2.05, 4.69) is 6.92 Å². The molecule has 1 heterocycles. The van der Waals surface area contributed by atoms with Crippen LogP contribution >= 0.6 is 0 Å². The van der Waals surface area contributed by atoms with E-state index in [-0.39, 0.29) is 6.54 Å². The molecule has 2 N–H and O–H groups in total. The fraction of sp³-hybridized carbons (Fsp3) is 0.579. The quantitative estimate of drug-likeness (QED) is 0.811. The molecule has 0 aromatic heterocycles. The maximum Gasteiger partial charge on any atom is 0.410 e. The lowest BCUT2D eigenvalue weighted by Gasteiger charge is -2.26. The van der Waals surface area contributed by atoms with Crippen LogP contribution in [0.1, 0.15) is 56.5 Å². The molecule has 0 radical (unpaired) electrons. The monoisotopic (exact) mass is 364 g/mol. The zero-order valence-electron chi connectivity index (χ0n) is 16.0. The van der Waals surface area contributed by atoms with Crippen LogP contribution < -0.4 is 15.2 Å². The zero-order chi connectivity index (χ0) is 19.3. The van der Waals surface area contributed by atoms with Crippen LogP contribution in [0, 0.1) is 0 Å². The highest BCUT2D eigenvalue weighted by Gasteiger charge is 2.27. The second-order valence-electron chi connectivity index (χ2n) is 7.27. The van der Waals surface area contributed by atoms with Gasteiger partial charge in [-0.2, -0.15) is 0 Å². The first-order valence-electron chi connectivity index (χ1n) is 8.91. The molecule has 1 aliphatic heterocycles. The van der Waals surface area contributed by atoms with Gasteiger partial charge in [0.15, 0.2) is 0 Å². The van der Waals surface area contributed by atoms with Gasteiger partial charge in [0, 0.05) is 5.56 Å². The van der Waals surface area contributed by atoms with E-state index in [0.717, 1.165) is 18.4 Å². The SMILES string of the molecule is CCCCOc1cc(C(N)=O)cc2c1CN(C(=O)OC(C)(C)C)CCO2. The summed E-state index contributed by atoms with van der Waals surface area (Å²) in [5.41, 5.74) is 5.88. The normalized spacial score (nSPS) is 14.1. The number of benzene rings is 1. The largest absolute Gasteiger partial charge is 0.493 e. The van der Waals surface area contributed by atoms with E-state index in [1.807, 2.05) is 20.8 Å². The Balaban J connectivity index is 2.32. The van der Waals surface area contributed by atoms with E-state index in [9.17, 15) is 9.59 Å². The van der Waals surface area contributed by atoms with Gasteiger partial charge in [-0.05, 0) is 39.3 Å². The van der Waals surface area contributed by atoms with Crippen molar-refractivity contribution in [1.29, 1.82) is 0 Å². The van der Waals surface area contributed by atoms with Gasteiger partial charge in [-0.1, -0.05) is 13.3 Å². The molecule has 7 heteroatoms. The number of primary amides is 1. The molecular weight excluding hydrogens is 336 g/mol. The molecule has 2 rings (SSSR count). The second-order valence-corrected chi connectivity index (χ2v) is 7.27. The molecule has 0 bridgehead atoms. The van der Waals surface area contributed by atoms with Crippen LogP contribution in [0.25, 0.3) is 0 Å². The molecule has 26 heavy (non-hydrogen) atoms. The van der Waals surface area contributed by atoms with Crippen molar-refractivity contribution in [1.82, 2.24) is 4.90 Å². The van der Waals surface area contributed by atoms with Crippen molar-refractivity contribution < 1.29 is 23.8 Å². The number of amides is 2. The second kappa shape index (κ2) is 8.29. The maximum atomic E-state index is 12.5. The molecule has 1 aromatic carbocycles. The first-order chi connectivity index (χ1) is 12.2. The summed E-state index contributed by atoms with van der Waals surface area (Å²) in [5, 5.41) is 0. The van der Waals surface area contributed by atoms with Crippen LogP contribution in [-0.2, 0) is 11.3 Å². The van der Waals surface area contributed by atoms with Crippen molar-refractivity contribution in [2.75, 3.05) is 19.8 Å². The minimum absolute atomic E-state index is 0.282. The number of unbranched alkanes of at least 4 members (excludes halogenated alkanes) is 1. The molecule has 0 fully saturated rings. The van der Waals surface area contributed by atoms with Gasteiger partial charge in [0.05, 0.1) is 25.3 Å². The van der Waals surface area contributed by atoms with Crippen LogP contribution in [-0.4, -0.2) is 42.3 Å². The molecule has 0 unspecified atom stereocenters. The van der Waals surface area contributed by atoms with E-state index >= 15 is 0 Å². The van der Waals surface area contributed by atoms with Gasteiger partial charge < -0.3 is 24.8 Å². The average molecular weight is 364 g/mol. The maximum absolute atomic E-state index is 12.5. The minimum atomic E-state index is -0.580. The molecule has 0 atom stereocenters. The van der Waals surface area contributed by atoms with Crippen molar-refractivity contribution in [3.63, 3.8) is 0 Å². The minimum Gasteiger partial charge on any atom is -0.493 e. The van der Waals surface area contributed by atoms with Crippen molar-refractivity contribution in [3.8, 4) is 11.5 Å². The Hall–Kier alpha value is -2.44. The molecule has 144 valence electrons. The summed E-state index contributed by atoms with van der Waals surface area (Å²) in [7, 11) is 0. The Labute approximate surface area is 154 Å². The van der Waals surface area contributed by atoms with Gasteiger partial charge in [0.25, 0.3) is 0 Å². The average Bonchev–Trinajstić information content (AvgIpc) is 2.75. The highest BCUT2D eigenvalue weighted by molar-refractivity contribution is 5.94. The lowest BCUT2D eigenvalue weighted by atomic mass is 10.1. The number of rotatable bonds is 5. The molecule has 0 saturated carbocycles. The Morgan fingerprint density at radius 1 is 1.31 bits per heavy atom. The van der Waals surface area contributed by atoms with Crippen molar-refractivity contribution in [2.45, 2.75) is 52.7 Å². The predicted molar refractivity (Wildman–Crippen MR) is 97.5 cm³/mol. The van der Waals surface area contributed by atoms with Gasteiger partial charge in [0.2, 0.25) is 5.91 Å². The molecule has 1 aliphatic rings. The van der Waals surface area contributed by atoms with Crippen molar-refractivity contribution >= 4 is 12.0 Å². The number of hydrogen-bond acceptors (Lipinski definition) is 5. The fourth-order valence-corrected chi connectivity index (χ4v) is 2.52. The van der Waals surface area contributed by atoms with E-state index in [1.54, 1.807) is 17.0 Å². The lowest BCUT2D eigenvalue weighted by Crippen LogP contribution is -2.37. The first-order valence-corrected chi connectivity index (χ1v) is 8.91. The Kier molecular flexibility index (Phi) is 6.34. The topological polar surface area (TPSA) is 91.1 Å². The molecule has 0 saturated heterocycles. The Bertz CT molecular complexity index is 667. The van der Waals surface area contributed by atoms with Gasteiger partial charge in [0.1, 0.15) is 23.7 Å². The van der Waals surface area contributed by atoms with Gasteiger partial charge in [-0.15, -0.1) is 0 Å². The summed E-state index contributed by atoms with van der Waals surface area (Å²) in [4.78, 5) is 25.6. The van der Waals surface area contributed by atoms with Crippen LogP contribution in [0.2, 0.25) is 0 Å². The molecule has 0 spiro atoms. The van der Waals surface area contributed by atoms with Gasteiger partial charge >= 0.3 is 6.09 Å². The van der Waals surface area contributed by atoms with Gasteiger partial charge in [-0.3, -0.25) is 4.79 Å². The van der Waals surface area contributed by atoms with Crippen LogP contribution in [0.15, 0.2) is 12.1 Å². The van der Waals surface area contributed by atoms with E-state index in [0.29, 0.717) is 36.8 Å². The Morgan fingerprint density at radius 2 is 2.04 bits per heavy atom. The first kappa shape index (κ1) is 19.9. The third kappa shape index (κ3) is 5.28. The predicted octanol–water partition coefficient (Wildman–Crippen LogP) is 3.09. The summed E-state index contributed by atoms with van der Waals surface area (Å²) < 4.78 is 17.1. The standard InChI is InChI=1S/C19H28N2O5/c1-5-6-8-24-15-10-13(17(20)22)11-16-14(15)12-21(7-9-25-16)18(23)26-19(2,3)4/h10-11H,5-9,12H2,1-4H3,(H2,20,22). The molecular formula is C19H28N2O5. The molecule has 1 aromatic rings. The summed E-state index contributed by atoms with van der Waals surface area (Å²) in [5.74, 6) is 0.476. The molecule has 7 nitrogen and oxygen atoms in total. The Morgan fingerprint density at radius 3 is 2.65 bits per heavy atom. The van der Waals surface area contributed by atoms with Gasteiger partial charge in [-0.25, -0.2) is 4.79 Å². The highest BCUT2D eigenvalue weighted by atomic mass is 16.6. The number of fused-ring (bicyclic) bond motifs is 1. The van der Waals surface area contributed by atoms with E-state index in [1.165, 1.54) is 0 Å². The highest BCUT2D eigenvalue weighted by Crippen LogP contribution is 2.34. The van der Waals surface area contributed by atoms with Crippen LogP contribution in [0.4, 0.5) is 4.79 Å². The number of nitrogens with zero attached hydrogens (tertiary/aromatic N) is 1. The number of ether oxygens (including phenoxy) is 3. The lowest BCUT2D eigenvalue weighted by molar-refractivity contribution is 0.0224. The van der Waals surface area contributed by atoms with Crippen molar-refractivity contribution in [2.24, 2.45) is 5.73 Å². The smallest absolute Gasteiger partial charge is 0.410 e. The summed E-state index contributed by atoms with van der Waals surface area (Å²) >= 11 is 0. The van der Waals surface area contributed by atoms with E-state index in [4.69, 9.17) is 19.9 Å². The number of carbonyl (C=O) groups excluding carboxylic acids is 2. The third-order valence-electron chi connectivity index (χ3n) is 3.83. The van der Waals surface area contributed by atoms with Crippen molar-refractivity contribution in [3.05, 3.63) is 23.3 Å². The van der Waals surface area contributed by atoms with E-state index < -0.39 is 17.6 Å². The summed E-state index contributed by atoms with van der Waals surface area (Å²) in [6.45, 7) is 9.01. The third-order valence-corrected chi connectivity index (χ3v) is 3.83.